The topological polar surface area (TPSA) is 37.3 Å². The predicted molar refractivity (Wildman–Crippen MR) is 81.4 cm³/mol. The van der Waals surface area contributed by atoms with E-state index in [9.17, 15) is 4.79 Å². The van der Waals surface area contributed by atoms with Gasteiger partial charge in [-0.3, -0.25) is 4.79 Å². The molecule has 0 radical (unpaired) electrons. The van der Waals surface area contributed by atoms with Crippen molar-refractivity contribution in [3.05, 3.63) is 0 Å². The molecule has 0 bridgehead atoms. The van der Waals surface area contributed by atoms with Gasteiger partial charge in [0.15, 0.2) is 0 Å². The number of hydrogen-bond donors (Lipinski definition) is 1. The Morgan fingerprint density at radius 2 is 1.33 bits per heavy atom. The van der Waals surface area contributed by atoms with Gasteiger partial charge in [-0.2, -0.15) is 11.8 Å². The Morgan fingerprint density at radius 1 is 0.833 bits per heavy atom. The standard InChI is InChI=1S/C15H30O2S/c1-2-3-4-5-6-7-8-10-13-18-14-11-9-12-15(16)17/h2-14H2,1H3,(H,16,17). The van der Waals surface area contributed by atoms with Crippen molar-refractivity contribution in [1.29, 1.82) is 0 Å². The molecule has 0 aromatic rings. The lowest BCUT2D eigenvalue weighted by Gasteiger charge is -2.02. The first kappa shape index (κ1) is 17.8. The molecule has 0 fully saturated rings. The van der Waals surface area contributed by atoms with Gasteiger partial charge in [-0.25, -0.2) is 0 Å². The highest BCUT2D eigenvalue weighted by Crippen LogP contribution is 2.12. The number of carbonyl (C=O) groups is 1. The molecule has 0 atom stereocenters. The molecular formula is C15H30O2S. The van der Waals surface area contributed by atoms with E-state index in [1.54, 1.807) is 0 Å². The SMILES string of the molecule is CCCCCCCCCCSCCCCC(=O)O. The normalized spacial score (nSPS) is 10.7. The van der Waals surface area contributed by atoms with E-state index in [0.29, 0.717) is 6.42 Å². The van der Waals surface area contributed by atoms with Crippen LogP contribution < -0.4 is 0 Å². The maximum absolute atomic E-state index is 10.3. The molecule has 18 heavy (non-hydrogen) atoms. The van der Waals surface area contributed by atoms with Crippen LogP contribution in [-0.2, 0) is 4.79 Å². The number of carboxylic acids is 1. The molecule has 0 saturated carbocycles. The minimum atomic E-state index is -0.664. The summed E-state index contributed by atoms with van der Waals surface area (Å²) >= 11 is 1.98. The molecule has 0 unspecified atom stereocenters. The molecular weight excluding hydrogens is 244 g/mol. The fourth-order valence-corrected chi connectivity index (χ4v) is 2.94. The Morgan fingerprint density at radius 3 is 1.89 bits per heavy atom. The van der Waals surface area contributed by atoms with Gasteiger partial charge in [-0.1, -0.05) is 51.9 Å². The summed E-state index contributed by atoms with van der Waals surface area (Å²) in [4.78, 5) is 10.3. The first-order valence-electron chi connectivity index (χ1n) is 7.57. The average Bonchev–Trinajstić information content (AvgIpc) is 2.34. The van der Waals surface area contributed by atoms with E-state index < -0.39 is 5.97 Å². The molecule has 0 aliphatic heterocycles. The van der Waals surface area contributed by atoms with Gasteiger partial charge in [0.2, 0.25) is 0 Å². The van der Waals surface area contributed by atoms with E-state index in [0.717, 1.165) is 18.6 Å². The lowest BCUT2D eigenvalue weighted by atomic mass is 10.1. The molecule has 0 rings (SSSR count). The monoisotopic (exact) mass is 274 g/mol. The number of aliphatic carboxylic acids is 1. The van der Waals surface area contributed by atoms with Crippen molar-refractivity contribution in [3.8, 4) is 0 Å². The van der Waals surface area contributed by atoms with E-state index >= 15 is 0 Å². The summed E-state index contributed by atoms with van der Waals surface area (Å²) in [5, 5.41) is 8.48. The molecule has 2 nitrogen and oxygen atoms in total. The van der Waals surface area contributed by atoms with E-state index in [1.165, 1.54) is 57.1 Å². The second-order valence-corrected chi connectivity index (χ2v) is 6.16. The summed E-state index contributed by atoms with van der Waals surface area (Å²) in [6.07, 6.45) is 13.3. The molecule has 108 valence electrons. The van der Waals surface area contributed by atoms with Crippen molar-refractivity contribution < 1.29 is 9.90 Å². The number of thioether (sulfide) groups is 1. The first-order chi connectivity index (χ1) is 8.77. The molecule has 0 spiro atoms. The summed E-state index contributed by atoms with van der Waals surface area (Å²) in [5.74, 6) is 1.72. The van der Waals surface area contributed by atoms with Crippen molar-refractivity contribution in [2.24, 2.45) is 0 Å². The van der Waals surface area contributed by atoms with E-state index in [-0.39, 0.29) is 0 Å². The van der Waals surface area contributed by atoms with E-state index in [2.05, 4.69) is 6.92 Å². The molecule has 0 amide bonds. The quantitative estimate of drug-likeness (QED) is 0.447. The summed E-state index contributed by atoms with van der Waals surface area (Å²) in [6.45, 7) is 2.26. The zero-order chi connectivity index (χ0) is 13.5. The van der Waals surface area contributed by atoms with Gasteiger partial charge < -0.3 is 5.11 Å². The van der Waals surface area contributed by atoms with Gasteiger partial charge in [0.05, 0.1) is 0 Å². The molecule has 0 aromatic carbocycles. The van der Waals surface area contributed by atoms with Crippen molar-refractivity contribution in [3.63, 3.8) is 0 Å². The maximum atomic E-state index is 10.3. The lowest BCUT2D eigenvalue weighted by molar-refractivity contribution is -0.137. The van der Waals surface area contributed by atoms with Gasteiger partial charge >= 0.3 is 5.97 Å². The van der Waals surface area contributed by atoms with Crippen LogP contribution in [0.3, 0.4) is 0 Å². The third-order valence-electron chi connectivity index (χ3n) is 3.07. The van der Waals surface area contributed by atoms with Crippen LogP contribution in [0.25, 0.3) is 0 Å². The van der Waals surface area contributed by atoms with Crippen LogP contribution >= 0.6 is 11.8 Å². The minimum absolute atomic E-state index is 0.332. The van der Waals surface area contributed by atoms with Gasteiger partial charge in [0, 0.05) is 6.42 Å². The van der Waals surface area contributed by atoms with Crippen LogP contribution in [0, 0.1) is 0 Å². The summed E-state index contributed by atoms with van der Waals surface area (Å²) in [6, 6.07) is 0. The molecule has 3 heteroatoms. The number of carboxylic acid groups (broad SMARTS) is 1. The fraction of sp³-hybridized carbons (Fsp3) is 0.933. The average molecular weight is 274 g/mol. The summed E-state index contributed by atoms with van der Waals surface area (Å²) < 4.78 is 0. The molecule has 0 aromatic heterocycles. The Balaban J connectivity index is 2.92. The van der Waals surface area contributed by atoms with Crippen molar-refractivity contribution in [1.82, 2.24) is 0 Å². The first-order valence-corrected chi connectivity index (χ1v) is 8.72. The van der Waals surface area contributed by atoms with Crippen molar-refractivity contribution in [2.75, 3.05) is 11.5 Å². The minimum Gasteiger partial charge on any atom is -0.481 e. The Kier molecular flexibility index (Phi) is 14.7. The third kappa shape index (κ3) is 15.8. The summed E-state index contributed by atoms with van der Waals surface area (Å²) in [7, 11) is 0. The van der Waals surface area contributed by atoms with E-state index in [1.807, 2.05) is 11.8 Å². The largest absolute Gasteiger partial charge is 0.481 e. The summed E-state index contributed by atoms with van der Waals surface area (Å²) in [5.41, 5.74) is 0. The van der Waals surface area contributed by atoms with Crippen molar-refractivity contribution >= 4 is 17.7 Å². The number of unbranched alkanes of at least 4 members (excludes halogenated alkanes) is 8. The Hall–Kier alpha value is -0.180. The molecule has 1 N–H and O–H groups in total. The molecule has 0 heterocycles. The van der Waals surface area contributed by atoms with Crippen LogP contribution in [0.2, 0.25) is 0 Å². The number of hydrogen-bond acceptors (Lipinski definition) is 2. The highest BCUT2D eigenvalue weighted by Gasteiger charge is 1.96. The Bertz CT molecular complexity index is 183. The Labute approximate surface area is 117 Å². The molecule has 0 aliphatic rings. The fourth-order valence-electron chi connectivity index (χ4n) is 1.92. The second kappa shape index (κ2) is 14.9. The van der Waals surface area contributed by atoms with Gasteiger partial charge in [-0.15, -0.1) is 0 Å². The van der Waals surface area contributed by atoms with Crippen LogP contribution in [0.5, 0.6) is 0 Å². The van der Waals surface area contributed by atoms with Crippen LogP contribution in [-0.4, -0.2) is 22.6 Å². The lowest BCUT2D eigenvalue weighted by Crippen LogP contribution is -1.94. The maximum Gasteiger partial charge on any atom is 0.303 e. The highest BCUT2D eigenvalue weighted by molar-refractivity contribution is 7.99. The second-order valence-electron chi connectivity index (χ2n) is 4.94. The predicted octanol–water partition coefficient (Wildman–Crippen LogP) is 5.12. The molecule has 0 aliphatic carbocycles. The zero-order valence-corrected chi connectivity index (χ0v) is 12.8. The molecule has 0 saturated heterocycles. The highest BCUT2D eigenvalue weighted by atomic mass is 32.2. The van der Waals surface area contributed by atoms with Crippen molar-refractivity contribution in [2.45, 2.75) is 77.6 Å². The van der Waals surface area contributed by atoms with Crippen LogP contribution in [0.1, 0.15) is 77.6 Å². The smallest absolute Gasteiger partial charge is 0.303 e. The van der Waals surface area contributed by atoms with E-state index in [4.69, 9.17) is 5.11 Å². The third-order valence-corrected chi connectivity index (χ3v) is 4.23. The zero-order valence-electron chi connectivity index (χ0n) is 12.0. The van der Waals surface area contributed by atoms with Crippen LogP contribution in [0.15, 0.2) is 0 Å². The van der Waals surface area contributed by atoms with Crippen LogP contribution in [0.4, 0.5) is 0 Å². The van der Waals surface area contributed by atoms with Gasteiger partial charge in [0.1, 0.15) is 0 Å². The number of rotatable bonds is 14. The van der Waals surface area contributed by atoms with Gasteiger partial charge in [0.25, 0.3) is 0 Å². The van der Waals surface area contributed by atoms with Gasteiger partial charge in [-0.05, 0) is 30.8 Å².